The molecule has 1 aromatic heterocycles. The third-order valence-electron chi connectivity index (χ3n) is 7.23. The highest BCUT2D eigenvalue weighted by molar-refractivity contribution is 7.10. The minimum Gasteiger partial charge on any atom is -0.454 e. The first kappa shape index (κ1) is 26.3. The summed E-state index contributed by atoms with van der Waals surface area (Å²) in [6, 6.07) is 17.6. The highest BCUT2D eigenvalue weighted by Crippen LogP contribution is 2.33. The fourth-order valence-corrected chi connectivity index (χ4v) is 5.86. The number of carbonyl (C=O) groups excluding carboxylic acids is 2. The zero-order valence-corrected chi connectivity index (χ0v) is 22.8. The van der Waals surface area contributed by atoms with E-state index in [0.717, 1.165) is 41.4 Å². The maximum Gasteiger partial charge on any atom is 0.242 e. The van der Waals surface area contributed by atoms with E-state index >= 15 is 0 Å². The molecule has 8 heteroatoms. The molecule has 0 N–H and O–H groups in total. The highest BCUT2D eigenvalue weighted by atomic mass is 32.1. The zero-order chi connectivity index (χ0) is 26.3. The van der Waals surface area contributed by atoms with Crippen LogP contribution in [0.5, 0.6) is 11.5 Å². The van der Waals surface area contributed by atoms with E-state index in [-0.39, 0.29) is 25.2 Å². The summed E-state index contributed by atoms with van der Waals surface area (Å²) in [5, 5.41) is 2.06. The van der Waals surface area contributed by atoms with Crippen LogP contribution in [-0.2, 0) is 29.1 Å². The molecule has 7 nitrogen and oxygen atoms in total. The number of likely N-dealkylation sites (tertiary alicyclic amines) is 1. The Hall–Kier alpha value is -3.36. The van der Waals surface area contributed by atoms with Gasteiger partial charge in [-0.25, -0.2) is 0 Å². The number of hydrogen-bond donors (Lipinski definition) is 0. The van der Waals surface area contributed by atoms with Gasteiger partial charge in [-0.15, -0.1) is 11.3 Å². The Morgan fingerprint density at radius 1 is 0.895 bits per heavy atom. The van der Waals surface area contributed by atoms with E-state index in [2.05, 4.69) is 23.3 Å². The first-order valence-electron chi connectivity index (χ1n) is 13.3. The highest BCUT2D eigenvalue weighted by Gasteiger charge is 2.24. The summed E-state index contributed by atoms with van der Waals surface area (Å²) in [5.74, 6) is 1.35. The molecule has 3 aromatic rings. The Bertz CT molecular complexity index is 1240. The Morgan fingerprint density at radius 3 is 2.45 bits per heavy atom. The molecular weight excluding hydrogens is 498 g/mol. The average Bonchev–Trinajstić information content (AvgIpc) is 3.69. The van der Waals surface area contributed by atoms with Gasteiger partial charge in [-0.3, -0.25) is 9.59 Å². The van der Waals surface area contributed by atoms with Crippen LogP contribution in [0.25, 0.3) is 0 Å². The summed E-state index contributed by atoms with van der Waals surface area (Å²) >= 11 is 1.65. The summed E-state index contributed by atoms with van der Waals surface area (Å²) in [6.07, 6.45) is 2.68. The standard InChI is InChI=1S/C30H35N3O4S/c1-23-11-16-38-28(23)20-33(19-25-9-10-26-27(17-25)37-22-36-26)30(35)21-32(15-14-31-12-5-6-13-31)29(34)18-24-7-3-2-4-8-24/h2-4,7-11,16-17H,5-6,12-15,18-22H2,1H3. The maximum absolute atomic E-state index is 13.8. The Labute approximate surface area is 228 Å². The van der Waals surface area contributed by atoms with Crippen molar-refractivity contribution in [3.63, 3.8) is 0 Å². The molecule has 0 atom stereocenters. The first-order valence-corrected chi connectivity index (χ1v) is 14.2. The van der Waals surface area contributed by atoms with Crippen molar-refractivity contribution in [3.8, 4) is 11.5 Å². The number of rotatable bonds is 11. The number of nitrogens with zero attached hydrogens (tertiary/aromatic N) is 3. The number of amides is 2. The van der Waals surface area contributed by atoms with E-state index in [1.807, 2.05) is 53.4 Å². The van der Waals surface area contributed by atoms with Gasteiger partial charge in [-0.05, 0) is 73.1 Å². The Morgan fingerprint density at radius 2 is 1.68 bits per heavy atom. The number of hydrogen-bond acceptors (Lipinski definition) is 6. The van der Waals surface area contributed by atoms with Gasteiger partial charge in [0, 0.05) is 24.5 Å². The van der Waals surface area contributed by atoms with Crippen molar-refractivity contribution < 1.29 is 19.1 Å². The molecule has 2 aliphatic heterocycles. The smallest absolute Gasteiger partial charge is 0.242 e. The van der Waals surface area contributed by atoms with Crippen molar-refractivity contribution in [2.75, 3.05) is 39.5 Å². The number of aryl methyl sites for hydroxylation is 1. The van der Waals surface area contributed by atoms with Gasteiger partial charge in [-0.1, -0.05) is 36.4 Å². The lowest BCUT2D eigenvalue weighted by molar-refractivity contribution is -0.141. The molecule has 2 amide bonds. The second kappa shape index (κ2) is 12.5. The second-order valence-corrected chi connectivity index (χ2v) is 11.0. The average molecular weight is 534 g/mol. The molecule has 0 spiro atoms. The molecule has 0 radical (unpaired) electrons. The lowest BCUT2D eigenvalue weighted by Crippen LogP contribution is -2.45. The van der Waals surface area contributed by atoms with E-state index in [0.29, 0.717) is 31.8 Å². The number of fused-ring (bicyclic) bond motifs is 1. The summed E-state index contributed by atoms with van der Waals surface area (Å²) in [5.41, 5.74) is 3.10. The van der Waals surface area contributed by atoms with Crippen LogP contribution in [0.3, 0.4) is 0 Å². The maximum atomic E-state index is 13.8. The number of thiophene rings is 1. The molecule has 38 heavy (non-hydrogen) atoms. The van der Waals surface area contributed by atoms with Crippen molar-refractivity contribution in [2.24, 2.45) is 0 Å². The third-order valence-corrected chi connectivity index (χ3v) is 8.24. The molecule has 3 heterocycles. The minimum atomic E-state index is -0.0571. The summed E-state index contributed by atoms with van der Waals surface area (Å²) in [4.78, 5) is 34.4. The van der Waals surface area contributed by atoms with Crippen LogP contribution in [-0.4, -0.2) is 66.0 Å². The van der Waals surface area contributed by atoms with Crippen LogP contribution < -0.4 is 9.47 Å². The quantitative estimate of drug-likeness (QED) is 0.364. The SMILES string of the molecule is Cc1ccsc1CN(Cc1ccc2c(c1)OCO2)C(=O)CN(CCN1CCCC1)C(=O)Cc1ccccc1. The van der Waals surface area contributed by atoms with E-state index in [4.69, 9.17) is 9.47 Å². The van der Waals surface area contributed by atoms with Crippen molar-refractivity contribution in [1.82, 2.24) is 14.7 Å². The molecule has 0 unspecified atom stereocenters. The molecule has 200 valence electrons. The predicted octanol–water partition coefficient (Wildman–Crippen LogP) is 4.48. The number of ether oxygens (including phenoxy) is 2. The largest absolute Gasteiger partial charge is 0.454 e. The molecule has 0 bridgehead atoms. The van der Waals surface area contributed by atoms with Crippen LogP contribution in [0.15, 0.2) is 60.0 Å². The van der Waals surface area contributed by atoms with E-state index < -0.39 is 0 Å². The van der Waals surface area contributed by atoms with E-state index in [1.54, 1.807) is 16.2 Å². The molecule has 5 rings (SSSR count). The van der Waals surface area contributed by atoms with Crippen molar-refractivity contribution in [1.29, 1.82) is 0 Å². The molecule has 0 saturated carbocycles. The minimum absolute atomic E-state index is 0.0147. The van der Waals surface area contributed by atoms with Gasteiger partial charge < -0.3 is 24.2 Å². The lowest BCUT2D eigenvalue weighted by atomic mass is 10.1. The van der Waals surface area contributed by atoms with Crippen LogP contribution in [0, 0.1) is 6.92 Å². The molecule has 1 saturated heterocycles. The van der Waals surface area contributed by atoms with Crippen LogP contribution in [0.2, 0.25) is 0 Å². The van der Waals surface area contributed by atoms with Gasteiger partial charge >= 0.3 is 0 Å². The molecule has 0 aliphatic carbocycles. The molecule has 1 fully saturated rings. The summed E-state index contributed by atoms with van der Waals surface area (Å²) < 4.78 is 11.0. The topological polar surface area (TPSA) is 62.3 Å². The predicted molar refractivity (Wildman–Crippen MR) is 148 cm³/mol. The number of carbonyl (C=O) groups is 2. The van der Waals surface area contributed by atoms with Crippen LogP contribution in [0.1, 0.15) is 34.4 Å². The monoisotopic (exact) mass is 533 g/mol. The second-order valence-electron chi connectivity index (χ2n) is 9.99. The fraction of sp³-hybridized carbons (Fsp3) is 0.400. The summed E-state index contributed by atoms with van der Waals surface area (Å²) in [6.45, 7) is 6.74. The van der Waals surface area contributed by atoms with E-state index in [9.17, 15) is 9.59 Å². The first-order chi connectivity index (χ1) is 18.5. The fourth-order valence-electron chi connectivity index (χ4n) is 4.94. The van der Waals surface area contributed by atoms with Crippen LogP contribution >= 0.6 is 11.3 Å². The van der Waals surface area contributed by atoms with Crippen LogP contribution in [0.4, 0.5) is 0 Å². The van der Waals surface area contributed by atoms with Gasteiger partial charge in [0.1, 0.15) is 0 Å². The van der Waals surface area contributed by atoms with Crippen molar-refractivity contribution in [2.45, 2.75) is 39.3 Å². The van der Waals surface area contributed by atoms with Gasteiger partial charge in [0.2, 0.25) is 18.6 Å². The molecule has 2 aliphatic rings. The lowest BCUT2D eigenvalue weighted by Gasteiger charge is -2.29. The van der Waals surface area contributed by atoms with Crippen molar-refractivity contribution >= 4 is 23.2 Å². The Balaban J connectivity index is 1.33. The molecular formula is C30H35N3O4S. The number of benzene rings is 2. The van der Waals surface area contributed by atoms with E-state index in [1.165, 1.54) is 18.4 Å². The Kier molecular flexibility index (Phi) is 8.61. The normalized spacial score (nSPS) is 14.6. The van der Waals surface area contributed by atoms with Gasteiger partial charge in [0.15, 0.2) is 11.5 Å². The van der Waals surface area contributed by atoms with Gasteiger partial charge in [0.05, 0.1) is 19.5 Å². The zero-order valence-electron chi connectivity index (χ0n) is 21.9. The van der Waals surface area contributed by atoms with Crippen molar-refractivity contribution in [3.05, 3.63) is 81.5 Å². The van der Waals surface area contributed by atoms with Gasteiger partial charge in [0.25, 0.3) is 0 Å². The van der Waals surface area contributed by atoms with Gasteiger partial charge in [-0.2, -0.15) is 0 Å². The molecule has 2 aromatic carbocycles. The third kappa shape index (κ3) is 6.74. The summed E-state index contributed by atoms with van der Waals surface area (Å²) in [7, 11) is 0.